The summed E-state index contributed by atoms with van der Waals surface area (Å²) in [7, 11) is 0. The van der Waals surface area contributed by atoms with Gasteiger partial charge in [0.2, 0.25) is 0 Å². The number of carbonyl (C=O) groups is 1. The highest BCUT2D eigenvalue weighted by Gasteiger charge is 2.19. The van der Waals surface area contributed by atoms with Crippen molar-refractivity contribution in [3.8, 4) is 0 Å². The van der Waals surface area contributed by atoms with E-state index in [9.17, 15) is 4.79 Å². The zero-order chi connectivity index (χ0) is 9.68. The van der Waals surface area contributed by atoms with Crippen molar-refractivity contribution in [3.63, 3.8) is 0 Å². The van der Waals surface area contributed by atoms with Gasteiger partial charge in [-0.15, -0.1) is 0 Å². The Balaban J connectivity index is 2.17. The van der Waals surface area contributed by atoms with Crippen LogP contribution in [0.3, 0.4) is 0 Å². The van der Waals surface area contributed by atoms with Crippen LogP contribution in [0.4, 0.5) is 0 Å². The van der Waals surface area contributed by atoms with Crippen LogP contribution < -0.4 is 0 Å². The summed E-state index contributed by atoms with van der Waals surface area (Å²) >= 11 is 1.85. The highest BCUT2D eigenvalue weighted by atomic mass is 32.2. The van der Waals surface area contributed by atoms with E-state index in [0.29, 0.717) is 17.0 Å². The van der Waals surface area contributed by atoms with E-state index in [1.54, 1.807) is 0 Å². The summed E-state index contributed by atoms with van der Waals surface area (Å²) in [5.41, 5.74) is 0. The van der Waals surface area contributed by atoms with E-state index in [4.69, 9.17) is 5.11 Å². The van der Waals surface area contributed by atoms with E-state index in [0.717, 1.165) is 25.0 Å². The van der Waals surface area contributed by atoms with Crippen LogP contribution in [-0.2, 0) is 4.79 Å². The van der Waals surface area contributed by atoms with E-state index in [2.05, 4.69) is 0 Å². The quantitative estimate of drug-likeness (QED) is 0.756. The number of aliphatic hydroxyl groups excluding tert-OH is 1. The highest BCUT2D eigenvalue weighted by molar-refractivity contribution is 7.99. The summed E-state index contributed by atoms with van der Waals surface area (Å²) in [6.45, 7) is 2.30. The molecule has 1 aliphatic carbocycles. The lowest BCUT2D eigenvalue weighted by atomic mass is 9.99. The summed E-state index contributed by atoms with van der Waals surface area (Å²) in [4.78, 5) is 11.1. The van der Waals surface area contributed by atoms with Gasteiger partial charge in [0.1, 0.15) is 5.78 Å². The fraction of sp³-hybridized carbons (Fsp3) is 0.900. The third-order valence-electron chi connectivity index (χ3n) is 2.37. The molecule has 0 spiro atoms. The number of ketones is 1. The van der Waals surface area contributed by atoms with E-state index in [-0.39, 0.29) is 6.61 Å². The lowest BCUT2D eigenvalue weighted by Crippen LogP contribution is -2.18. The molecule has 0 aromatic carbocycles. The van der Waals surface area contributed by atoms with Crippen LogP contribution in [0.1, 0.15) is 32.6 Å². The second-order valence-corrected chi connectivity index (χ2v) is 5.21. The Labute approximate surface area is 84.1 Å². The maximum atomic E-state index is 11.1. The minimum Gasteiger partial charge on any atom is -0.396 e. The molecule has 0 saturated heterocycles. The predicted molar refractivity (Wildman–Crippen MR) is 56.0 cm³/mol. The van der Waals surface area contributed by atoms with E-state index in [1.807, 2.05) is 18.7 Å². The summed E-state index contributed by atoms with van der Waals surface area (Å²) in [5.74, 6) is 1.76. The van der Waals surface area contributed by atoms with Crippen LogP contribution in [0, 0.1) is 5.92 Å². The van der Waals surface area contributed by atoms with E-state index < -0.39 is 0 Å². The van der Waals surface area contributed by atoms with E-state index in [1.165, 1.54) is 6.42 Å². The number of Topliss-reactive ketones (excluding diaryl/α,β-unsaturated/α-hetero) is 1. The molecule has 76 valence electrons. The zero-order valence-electron chi connectivity index (χ0n) is 8.16. The molecule has 1 aliphatic rings. The Hall–Kier alpha value is -0.0200. The van der Waals surface area contributed by atoms with Crippen molar-refractivity contribution >= 4 is 17.5 Å². The van der Waals surface area contributed by atoms with Crippen LogP contribution in [0.5, 0.6) is 0 Å². The highest BCUT2D eigenvalue weighted by Crippen LogP contribution is 2.27. The Bertz CT molecular complexity index is 170. The molecule has 1 saturated carbocycles. The molecule has 0 aromatic rings. The van der Waals surface area contributed by atoms with E-state index >= 15 is 0 Å². The number of carbonyl (C=O) groups excluding carboxylic acids is 1. The summed E-state index contributed by atoms with van der Waals surface area (Å²) in [6.07, 6.45) is 3.77. The molecule has 0 aromatic heterocycles. The Kier molecular flexibility index (Phi) is 4.81. The molecule has 0 heterocycles. The largest absolute Gasteiger partial charge is 0.396 e. The van der Waals surface area contributed by atoms with Gasteiger partial charge in [0.15, 0.2) is 0 Å². The maximum absolute atomic E-state index is 11.1. The minimum absolute atomic E-state index is 0.258. The fourth-order valence-corrected chi connectivity index (χ4v) is 2.82. The van der Waals surface area contributed by atoms with Gasteiger partial charge in [-0.25, -0.2) is 0 Å². The first-order chi connectivity index (χ1) is 6.22. The summed E-state index contributed by atoms with van der Waals surface area (Å²) in [5, 5.41) is 9.36. The van der Waals surface area contributed by atoms with Crippen molar-refractivity contribution in [1.82, 2.24) is 0 Å². The standard InChI is InChI=1S/C10H18O2S/c1-8(6-11)7-13-10-4-2-3-9(12)5-10/h8,10-11H,2-7H2,1H3. The first-order valence-corrected chi connectivity index (χ1v) is 6.01. The van der Waals surface area contributed by atoms with Gasteiger partial charge in [-0.2, -0.15) is 11.8 Å². The molecule has 0 radical (unpaired) electrons. The SMILES string of the molecule is CC(CO)CSC1CCCC(=O)C1. The lowest BCUT2D eigenvalue weighted by molar-refractivity contribution is -0.120. The van der Waals surface area contributed by atoms with Gasteiger partial charge >= 0.3 is 0 Å². The van der Waals surface area contributed by atoms with Gasteiger partial charge in [-0.3, -0.25) is 4.79 Å². The first-order valence-electron chi connectivity index (χ1n) is 4.96. The number of hydrogen-bond donors (Lipinski definition) is 1. The minimum atomic E-state index is 0.258. The number of hydrogen-bond acceptors (Lipinski definition) is 3. The molecule has 3 heteroatoms. The normalized spacial score (nSPS) is 26.0. The number of thioether (sulfide) groups is 1. The number of rotatable bonds is 4. The molecule has 13 heavy (non-hydrogen) atoms. The average Bonchev–Trinajstić information content (AvgIpc) is 2.14. The van der Waals surface area contributed by atoms with Crippen molar-refractivity contribution < 1.29 is 9.90 Å². The molecule has 1 N–H and O–H groups in total. The topological polar surface area (TPSA) is 37.3 Å². The Morgan fingerprint density at radius 3 is 3.08 bits per heavy atom. The maximum Gasteiger partial charge on any atom is 0.134 e. The van der Waals surface area contributed by atoms with Crippen LogP contribution in [-0.4, -0.2) is 28.5 Å². The molecular formula is C10H18O2S. The summed E-state index contributed by atoms with van der Waals surface area (Å²) in [6, 6.07) is 0. The van der Waals surface area contributed by atoms with Crippen molar-refractivity contribution in [2.24, 2.45) is 5.92 Å². The second-order valence-electron chi connectivity index (χ2n) is 3.88. The van der Waals surface area contributed by atoms with Crippen LogP contribution >= 0.6 is 11.8 Å². The Morgan fingerprint density at radius 2 is 2.46 bits per heavy atom. The van der Waals surface area contributed by atoms with Crippen molar-refractivity contribution in [3.05, 3.63) is 0 Å². The van der Waals surface area contributed by atoms with Crippen molar-refractivity contribution in [2.45, 2.75) is 37.9 Å². The fourth-order valence-electron chi connectivity index (χ4n) is 1.48. The van der Waals surface area contributed by atoms with Gasteiger partial charge in [-0.05, 0) is 24.5 Å². The summed E-state index contributed by atoms with van der Waals surface area (Å²) < 4.78 is 0. The zero-order valence-corrected chi connectivity index (χ0v) is 8.98. The molecular weight excluding hydrogens is 184 g/mol. The molecule has 0 amide bonds. The van der Waals surface area contributed by atoms with Gasteiger partial charge in [0, 0.05) is 24.7 Å². The van der Waals surface area contributed by atoms with Crippen LogP contribution in [0.2, 0.25) is 0 Å². The molecule has 1 fully saturated rings. The third kappa shape index (κ3) is 4.14. The predicted octanol–water partition coefficient (Wildman–Crippen LogP) is 1.86. The molecule has 1 rings (SSSR count). The average molecular weight is 202 g/mol. The van der Waals surface area contributed by atoms with Gasteiger partial charge in [0.05, 0.1) is 0 Å². The van der Waals surface area contributed by atoms with Gasteiger partial charge in [0.25, 0.3) is 0 Å². The third-order valence-corrected chi connectivity index (χ3v) is 4.00. The monoisotopic (exact) mass is 202 g/mol. The van der Waals surface area contributed by atoms with Gasteiger partial charge < -0.3 is 5.11 Å². The Morgan fingerprint density at radius 1 is 1.69 bits per heavy atom. The van der Waals surface area contributed by atoms with Gasteiger partial charge in [-0.1, -0.05) is 6.92 Å². The molecule has 0 bridgehead atoms. The lowest BCUT2D eigenvalue weighted by Gasteiger charge is -2.21. The van der Waals surface area contributed by atoms with Crippen molar-refractivity contribution in [1.29, 1.82) is 0 Å². The second kappa shape index (κ2) is 5.66. The first kappa shape index (κ1) is 11.1. The molecule has 2 atom stereocenters. The number of aliphatic hydroxyl groups is 1. The van der Waals surface area contributed by atoms with Crippen molar-refractivity contribution in [2.75, 3.05) is 12.4 Å². The molecule has 0 aliphatic heterocycles. The molecule has 2 unspecified atom stereocenters. The smallest absolute Gasteiger partial charge is 0.134 e. The van der Waals surface area contributed by atoms with Crippen LogP contribution in [0.15, 0.2) is 0 Å². The van der Waals surface area contributed by atoms with Crippen LogP contribution in [0.25, 0.3) is 0 Å². The molecule has 2 nitrogen and oxygen atoms in total.